The second-order valence-corrected chi connectivity index (χ2v) is 24.4. The number of amides is 1. The molecule has 0 aromatic rings. The summed E-state index contributed by atoms with van der Waals surface area (Å²) in [6, 6.07) is -0.875. The van der Waals surface area contributed by atoms with Crippen LogP contribution in [-0.4, -0.2) is 74.3 Å². The summed E-state index contributed by atoms with van der Waals surface area (Å²) in [5, 5.41) is 3.04. The number of esters is 1. The fourth-order valence-electron chi connectivity index (χ4n) is 8.91. The first-order valence-electron chi connectivity index (χ1n) is 32.7. The van der Waals surface area contributed by atoms with Crippen molar-refractivity contribution in [2.45, 2.75) is 283 Å². The van der Waals surface area contributed by atoms with Crippen LogP contribution in [0.5, 0.6) is 0 Å². The number of carbonyl (C=O) groups is 2. The smallest absolute Gasteiger partial charge is 0.456 e. The lowest BCUT2D eigenvalue weighted by Gasteiger charge is -2.27. The average Bonchev–Trinajstić information content (AvgIpc) is 3.42. The van der Waals surface area contributed by atoms with Crippen molar-refractivity contribution < 1.29 is 37.3 Å². The molecule has 9 nitrogen and oxygen atoms in total. The number of phosphoric acid groups is 1. The Bertz CT molecular complexity index is 1740. The van der Waals surface area contributed by atoms with E-state index in [1.54, 1.807) is 0 Å². The van der Waals surface area contributed by atoms with E-state index in [1.807, 2.05) is 33.3 Å². The van der Waals surface area contributed by atoms with Crippen LogP contribution in [0, 0.1) is 0 Å². The van der Waals surface area contributed by atoms with Gasteiger partial charge in [-0.3, -0.25) is 18.6 Å². The van der Waals surface area contributed by atoms with Gasteiger partial charge in [0.1, 0.15) is 19.3 Å². The lowest BCUT2D eigenvalue weighted by atomic mass is 10.0. The molecule has 0 aliphatic carbocycles. The predicted molar refractivity (Wildman–Crippen MR) is 346 cm³/mol. The third-order valence-electron chi connectivity index (χ3n) is 13.9. The standard InChI is InChI=1S/C70H123N2O7P/c1-7-10-13-16-19-22-25-28-30-32-33-34-35-36-37-38-39-40-42-45-48-51-54-57-60-63-70(74)79-68(61-58-55-52-49-46-43-27-24-21-18-15-12-9-3)67(66-78-80(75,76)77-65-64-72(4,5)6)71-69(73)62-59-56-53-50-47-44-41-31-29-26-23-20-17-14-11-8-2/h11,14,19-20,22-23,28-31,33-34,36-37,44,47,58,61,67-68H,7-10,12-13,15-18,21,24-27,32,35,38-43,45-46,48-57,59-60,62-66H2,1-6H3,(H-,71,73,75,76)/p+1/b14-11+,22-19-,23-20+,30-28-,31-29+,34-33-,37-36-,47-44+,61-58-. The van der Waals surface area contributed by atoms with Crippen molar-refractivity contribution in [3.8, 4) is 0 Å². The number of hydrogen-bond donors (Lipinski definition) is 2. The van der Waals surface area contributed by atoms with Gasteiger partial charge < -0.3 is 19.4 Å². The minimum Gasteiger partial charge on any atom is -0.456 e. The molecule has 2 N–H and O–H groups in total. The number of nitrogens with one attached hydrogen (secondary N) is 1. The van der Waals surface area contributed by atoms with Gasteiger partial charge in [0.05, 0.1) is 33.8 Å². The highest BCUT2D eigenvalue weighted by Gasteiger charge is 2.30. The Hall–Kier alpha value is -3.33. The lowest BCUT2D eigenvalue weighted by molar-refractivity contribution is -0.870. The van der Waals surface area contributed by atoms with Gasteiger partial charge in [-0.1, -0.05) is 252 Å². The van der Waals surface area contributed by atoms with Crippen LogP contribution < -0.4 is 5.32 Å². The third kappa shape index (κ3) is 59.3. The number of nitrogens with zero attached hydrogens (tertiary/aromatic N) is 1. The molecule has 0 aliphatic rings. The van der Waals surface area contributed by atoms with Gasteiger partial charge in [-0.15, -0.1) is 0 Å². The Balaban J connectivity index is 5.24. The zero-order valence-corrected chi connectivity index (χ0v) is 53.4. The van der Waals surface area contributed by atoms with Crippen LogP contribution in [0.4, 0.5) is 0 Å². The summed E-state index contributed by atoms with van der Waals surface area (Å²) in [5.74, 6) is -0.551. The lowest BCUT2D eigenvalue weighted by Crippen LogP contribution is -2.47. The van der Waals surface area contributed by atoms with E-state index in [0.29, 0.717) is 17.4 Å². The number of ether oxygens (including phenoxy) is 1. The normalized spacial score (nSPS) is 14.3. The van der Waals surface area contributed by atoms with E-state index in [-0.39, 0.29) is 37.9 Å². The van der Waals surface area contributed by atoms with E-state index in [9.17, 15) is 19.0 Å². The largest absolute Gasteiger partial charge is 0.472 e. The molecule has 3 unspecified atom stereocenters. The highest BCUT2D eigenvalue weighted by molar-refractivity contribution is 7.47. The van der Waals surface area contributed by atoms with E-state index < -0.39 is 20.0 Å². The second kappa shape index (κ2) is 58.9. The molecule has 0 aromatic carbocycles. The van der Waals surface area contributed by atoms with E-state index in [4.69, 9.17) is 13.8 Å². The van der Waals surface area contributed by atoms with Crippen molar-refractivity contribution in [3.63, 3.8) is 0 Å². The number of rotatable bonds is 58. The van der Waals surface area contributed by atoms with Crippen molar-refractivity contribution in [3.05, 3.63) is 109 Å². The van der Waals surface area contributed by atoms with Crippen molar-refractivity contribution >= 4 is 19.7 Å². The van der Waals surface area contributed by atoms with Crippen LogP contribution in [0.3, 0.4) is 0 Å². The van der Waals surface area contributed by atoms with E-state index in [0.717, 1.165) is 116 Å². The molecule has 0 heterocycles. The molecule has 80 heavy (non-hydrogen) atoms. The zero-order chi connectivity index (χ0) is 58.6. The monoisotopic (exact) mass is 1140 g/mol. The van der Waals surface area contributed by atoms with Gasteiger partial charge in [-0.2, -0.15) is 0 Å². The summed E-state index contributed by atoms with van der Waals surface area (Å²) >= 11 is 0. The number of likely N-dealkylation sites (N-methyl/N-ethyl adjacent to an activating group) is 1. The molecular formula is C70H124N2O7P+. The second-order valence-electron chi connectivity index (χ2n) is 22.9. The van der Waals surface area contributed by atoms with Crippen molar-refractivity contribution in [1.29, 1.82) is 0 Å². The summed E-state index contributed by atoms with van der Waals surface area (Å²) in [6.07, 6.45) is 80.9. The van der Waals surface area contributed by atoms with Gasteiger partial charge in [0.25, 0.3) is 0 Å². The Morgan fingerprint density at radius 1 is 0.450 bits per heavy atom. The highest BCUT2D eigenvalue weighted by Crippen LogP contribution is 2.43. The predicted octanol–water partition coefficient (Wildman–Crippen LogP) is 20.5. The molecule has 3 atom stereocenters. The molecule has 1 amide bonds. The van der Waals surface area contributed by atoms with E-state index in [2.05, 4.69) is 123 Å². The van der Waals surface area contributed by atoms with Gasteiger partial charge in [0.2, 0.25) is 5.91 Å². The van der Waals surface area contributed by atoms with E-state index >= 15 is 0 Å². The van der Waals surface area contributed by atoms with Gasteiger partial charge >= 0.3 is 13.8 Å². The quantitative estimate of drug-likeness (QED) is 0.0205. The average molecular weight is 1140 g/mol. The van der Waals surface area contributed by atoms with Crippen LogP contribution >= 0.6 is 7.82 Å². The fraction of sp³-hybridized carbons (Fsp3) is 0.714. The first-order chi connectivity index (χ1) is 38.9. The summed E-state index contributed by atoms with van der Waals surface area (Å²) in [7, 11) is 1.46. The number of allylic oxidation sites excluding steroid dienone is 17. The van der Waals surface area contributed by atoms with E-state index in [1.165, 1.54) is 116 Å². The van der Waals surface area contributed by atoms with Crippen molar-refractivity contribution in [1.82, 2.24) is 5.32 Å². The van der Waals surface area contributed by atoms with Gasteiger partial charge in [0.15, 0.2) is 0 Å². The molecule has 0 radical (unpaired) electrons. The molecule has 0 bridgehead atoms. The van der Waals surface area contributed by atoms with Crippen LogP contribution in [-0.2, 0) is 27.9 Å². The maximum Gasteiger partial charge on any atom is 0.472 e. The maximum atomic E-state index is 13.5. The molecule has 0 fully saturated rings. The Morgan fingerprint density at radius 2 is 0.800 bits per heavy atom. The molecule has 0 rings (SSSR count). The van der Waals surface area contributed by atoms with Crippen LogP contribution in [0.15, 0.2) is 109 Å². The number of hydrogen-bond acceptors (Lipinski definition) is 6. The Morgan fingerprint density at radius 3 is 1.24 bits per heavy atom. The molecule has 0 spiro atoms. The minimum absolute atomic E-state index is 0.0276. The first kappa shape index (κ1) is 76.7. The number of unbranched alkanes of at least 4 members (excludes halogenated alkanes) is 26. The SMILES string of the molecule is CC/C=C/C/C=C/C/C=C/C/C=C/CCCCCC(=O)NC(COP(=O)(O)OCC[N+](C)(C)C)C(/C=C\CCCCCCCCCCCCC)OC(=O)CCCCCCCCCCC/C=C\C/C=C\C/C=C\C/C=C\CCCCC. The molecule has 0 saturated heterocycles. The number of phosphoric ester groups is 1. The van der Waals surface area contributed by atoms with Crippen molar-refractivity contribution in [2.24, 2.45) is 0 Å². The van der Waals surface area contributed by atoms with Crippen molar-refractivity contribution in [2.75, 3.05) is 40.9 Å². The van der Waals surface area contributed by atoms with Gasteiger partial charge in [0, 0.05) is 12.8 Å². The third-order valence-corrected chi connectivity index (χ3v) is 14.9. The molecule has 460 valence electrons. The topological polar surface area (TPSA) is 111 Å². The summed E-state index contributed by atoms with van der Waals surface area (Å²) in [5.41, 5.74) is 0. The van der Waals surface area contributed by atoms with Gasteiger partial charge in [-0.25, -0.2) is 4.57 Å². The molecule has 10 heteroatoms. The zero-order valence-electron chi connectivity index (χ0n) is 52.5. The first-order valence-corrected chi connectivity index (χ1v) is 34.2. The van der Waals surface area contributed by atoms with Crippen LogP contribution in [0.1, 0.15) is 271 Å². The van der Waals surface area contributed by atoms with Crippen LogP contribution in [0.25, 0.3) is 0 Å². The Kier molecular flexibility index (Phi) is 56.4. The molecular weight excluding hydrogens is 1010 g/mol. The highest BCUT2D eigenvalue weighted by atomic mass is 31.2. The summed E-state index contributed by atoms with van der Waals surface area (Å²) in [6.45, 7) is 6.84. The summed E-state index contributed by atoms with van der Waals surface area (Å²) in [4.78, 5) is 37.8. The number of carbonyl (C=O) groups excluding carboxylic acids is 2. The maximum absolute atomic E-state index is 13.5. The fourth-order valence-corrected chi connectivity index (χ4v) is 9.65. The minimum atomic E-state index is -4.47. The van der Waals surface area contributed by atoms with Gasteiger partial charge in [-0.05, 0) is 115 Å². The Labute approximate surface area is 493 Å². The summed E-state index contributed by atoms with van der Waals surface area (Å²) < 4.78 is 30.7. The van der Waals surface area contributed by atoms with Crippen LogP contribution in [0.2, 0.25) is 0 Å². The molecule has 0 aliphatic heterocycles. The molecule has 0 aromatic heterocycles. The number of quaternary nitrogens is 1. The molecule has 0 saturated carbocycles.